The van der Waals surface area contributed by atoms with Crippen molar-refractivity contribution < 1.29 is 0 Å². The van der Waals surface area contributed by atoms with E-state index >= 15 is 0 Å². The molecule has 0 saturated carbocycles. The van der Waals surface area contributed by atoms with Crippen LogP contribution in [0.3, 0.4) is 0 Å². The minimum absolute atomic E-state index is 0.0277. The van der Waals surface area contributed by atoms with Gasteiger partial charge < -0.3 is 0 Å². The molecule has 25 heavy (non-hydrogen) atoms. The fourth-order valence-corrected chi connectivity index (χ4v) is 6.35. The number of hydrogen-bond acceptors (Lipinski definition) is 1. The molecule has 0 unspecified atom stereocenters. The topological polar surface area (TPSA) is 0 Å². The Bertz CT molecular complexity index is 649. The van der Waals surface area contributed by atoms with Crippen LogP contribution in [-0.2, 0) is 12.8 Å². The van der Waals surface area contributed by atoms with Gasteiger partial charge in [-0.25, -0.2) is 0 Å². The highest BCUT2D eigenvalue weighted by Crippen LogP contribution is 2.41. The molecule has 0 nitrogen and oxygen atoms in total. The summed E-state index contributed by atoms with van der Waals surface area (Å²) in [7, 11) is 0. The van der Waals surface area contributed by atoms with Crippen LogP contribution in [0, 0.1) is 0 Å². The highest BCUT2D eigenvalue weighted by atomic mass is 35.5. The summed E-state index contributed by atoms with van der Waals surface area (Å²) < 4.78 is 0.0553. The van der Waals surface area contributed by atoms with E-state index in [-0.39, 0.29) is 9.49 Å². The number of thioether (sulfide) groups is 1. The van der Waals surface area contributed by atoms with E-state index in [0.29, 0.717) is 20.1 Å². The predicted octanol–water partition coefficient (Wildman–Crippen LogP) is 8.38. The zero-order chi connectivity index (χ0) is 18.8. The lowest BCUT2D eigenvalue weighted by molar-refractivity contribution is 0.652. The summed E-state index contributed by atoms with van der Waals surface area (Å²) >= 11 is 26.5. The zero-order valence-corrected chi connectivity index (χ0v) is 18.6. The molecular formula is C20H22Cl4S. The quantitative estimate of drug-likeness (QED) is 0.438. The van der Waals surface area contributed by atoms with E-state index in [4.69, 9.17) is 46.4 Å². The second kappa shape index (κ2) is 8.31. The van der Waals surface area contributed by atoms with E-state index < -0.39 is 0 Å². The minimum Gasteiger partial charge on any atom is -0.149 e. The molecule has 0 saturated heterocycles. The Hall–Kier alpha value is -0.0500. The van der Waals surface area contributed by atoms with Gasteiger partial charge in [-0.05, 0) is 60.4 Å². The lowest BCUT2D eigenvalue weighted by Crippen LogP contribution is -2.30. The Morgan fingerprint density at radius 3 is 1.16 bits per heavy atom. The first-order valence-corrected chi connectivity index (χ1v) is 10.4. The van der Waals surface area contributed by atoms with Crippen LogP contribution in [0.15, 0.2) is 36.4 Å². The lowest BCUT2D eigenvalue weighted by atomic mass is 10.0. The molecule has 0 aliphatic rings. The summed E-state index contributed by atoms with van der Waals surface area (Å²) in [6.45, 7) is 9.00. The molecule has 0 atom stereocenters. The van der Waals surface area contributed by atoms with Gasteiger partial charge in [0.1, 0.15) is 0 Å². The van der Waals surface area contributed by atoms with E-state index in [2.05, 4.69) is 27.7 Å². The third-order valence-corrected chi connectivity index (χ3v) is 5.92. The average Bonchev–Trinajstić information content (AvgIpc) is 2.31. The monoisotopic (exact) mass is 434 g/mol. The van der Waals surface area contributed by atoms with Gasteiger partial charge in [-0.15, -0.1) is 11.8 Å². The molecule has 0 aromatic heterocycles. The first-order chi connectivity index (χ1) is 11.4. The molecule has 0 bridgehead atoms. The Morgan fingerprint density at radius 1 is 0.600 bits per heavy atom. The van der Waals surface area contributed by atoms with E-state index in [9.17, 15) is 0 Å². The van der Waals surface area contributed by atoms with Crippen LogP contribution in [0.5, 0.6) is 0 Å². The lowest BCUT2D eigenvalue weighted by Gasteiger charge is -2.35. The number of rotatable bonds is 6. The van der Waals surface area contributed by atoms with Gasteiger partial charge in [0.15, 0.2) is 0 Å². The van der Waals surface area contributed by atoms with E-state index in [1.165, 1.54) is 0 Å². The van der Waals surface area contributed by atoms with Gasteiger partial charge in [-0.1, -0.05) is 74.1 Å². The van der Waals surface area contributed by atoms with Crippen molar-refractivity contribution >= 4 is 58.2 Å². The second-order valence-corrected chi connectivity index (χ2v) is 11.7. The van der Waals surface area contributed by atoms with Crippen molar-refractivity contribution in [2.45, 2.75) is 50.0 Å². The van der Waals surface area contributed by atoms with Gasteiger partial charge in [0.05, 0.1) is 0 Å². The Morgan fingerprint density at radius 2 is 0.880 bits per heavy atom. The molecule has 0 heterocycles. The summed E-state index contributed by atoms with van der Waals surface area (Å²) in [4.78, 5) is 0. The maximum atomic E-state index is 6.13. The van der Waals surface area contributed by atoms with Gasteiger partial charge in [-0.2, -0.15) is 0 Å². The standard InChI is InChI=1S/C20H22Cl4S/c1-19(2,11-13-5-15(21)9-16(22)6-13)25-20(3,4)12-14-7-17(23)10-18(24)8-14/h5-10H,11-12H2,1-4H3. The zero-order valence-electron chi connectivity index (χ0n) is 14.8. The SMILES string of the molecule is CC(C)(Cc1cc(Cl)cc(Cl)c1)SC(C)(C)Cc1cc(Cl)cc(Cl)c1. The summed E-state index contributed by atoms with van der Waals surface area (Å²) in [5.41, 5.74) is 2.30. The van der Waals surface area contributed by atoms with Gasteiger partial charge in [0.2, 0.25) is 0 Å². The normalized spacial score (nSPS) is 12.5. The van der Waals surface area contributed by atoms with Crippen LogP contribution in [0.4, 0.5) is 0 Å². The van der Waals surface area contributed by atoms with Crippen LogP contribution in [-0.4, -0.2) is 9.49 Å². The van der Waals surface area contributed by atoms with Crippen LogP contribution in [0.25, 0.3) is 0 Å². The number of halogens is 4. The van der Waals surface area contributed by atoms with Gasteiger partial charge >= 0.3 is 0 Å². The molecule has 2 aromatic rings. The molecule has 0 fully saturated rings. The molecule has 0 spiro atoms. The maximum absolute atomic E-state index is 6.13. The van der Waals surface area contributed by atoms with Crippen LogP contribution >= 0.6 is 58.2 Å². The van der Waals surface area contributed by atoms with Crippen molar-refractivity contribution in [1.29, 1.82) is 0 Å². The van der Waals surface area contributed by atoms with Gasteiger partial charge in [-0.3, -0.25) is 0 Å². The summed E-state index contributed by atoms with van der Waals surface area (Å²) in [5.74, 6) is 0. The molecular weight excluding hydrogens is 414 g/mol. The third kappa shape index (κ3) is 7.23. The van der Waals surface area contributed by atoms with Gasteiger partial charge in [0, 0.05) is 29.6 Å². The maximum Gasteiger partial charge on any atom is 0.0423 e. The molecule has 0 N–H and O–H groups in total. The second-order valence-electron chi connectivity index (χ2n) is 7.53. The van der Waals surface area contributed by atoms with Crippen molar-refractivity contribution in [3.63, 3.8) is 0 Å². The summed E-state index contributed by atoms with van der Waals surface area (Å²) in [6.07, 6.45) is 1.77. The fraction of sp³-hybridized carbons (Fsp3) is 0.400. The van der Waals surface area contributed by atoms with Crippen LogP contribution in [0.2, 0.25) is 20.1 Å². The minimum atomic E-state index is 0.0277. The predicted molar refractivity (Wildman–Crippen MR) is 116 cm³/mol. The summed E-state index contributed by atoms with van der Waals surface area (Å²) in [5, 5.41) is 2.71. The summed E-state index contributed by atoms with van der Waals surface area (Å²) in [6, 6.07) is 11.5. The fourth-order valence-electron chi connectivity index (χ4n) is 3.23. The first-order valence-electron chi connectivity index (χ1n) is 8.04. The number of benzene rings is 2. The van der Waals surface area contributed by atoms with Crippen LogP contribution in [0.1, 0.15) is 38.8 Å². The molecule has 0 amide bonds. The van der Waals surface area contributed by atoms with Crippen molar-refractivity contribution in [3.05, 3.63) is 67.6 Å². The molecule has 2 aromatic carbocycles. The van der Waals surface area contributed by atoms with E-state index in [1.807, 2.05) is 36.0 Å². The molecule has 2 rings (SSSR count). The smallest absolute Gasteiger partial charge is 0.0423 e. The van der Waals surface area contributed by atoms with Gasteiger partial charge in [0.25, 0.3) is 0 Å². The molecule has 0 aliphatic heterocycles. The first kappa shape index (κ1) is 21.3. The highest BCUT2D eigenvalue weighted by Gasteiger charge is 2.30. The molecule has 5 heteroatoms. The van der Waals surface area contributed by atoms with Crippen molar-refractivity contribution in [3.8, 4) is 0 Å². The van der Waals surface area contributed by atoms with Crippen LogP contribution < -0.4 is 0 Å². The Balaban J connectivity index is 2.11. The largest absolute Gasteiger partial charge is 0.149 e. The molecule has 0 aliphatic carbocycles. The Kier molecular flexibility index (Phi) is 7.07. The van der Waals surface area contributed by atoms with E-state index in [1.54, 1.807) is 12.1 Å². The average molecular weight is 436 g/mol. The molecule has 0 radical (unpaired) electrons. The van der Waals surface area contributed by atoms with E-state index in [0.717, 1.165) is 24.0 Å². The highest BCUT2D eigenvalue weighted by molar-refractivity contribution is 8.01. The van der Waals surface area contributed by atoms with Crippen molar-refractivity contribution in [1.82, 2.24) is 0 Å². The Labute approximate surface area is 175 Å². The third-order valence-electron chi connectivity index (χ3n) is 3.66. The van der Waals surface area contributed by atoms with Crippen molar-refractivity contribution in [2.24, 2.45) is 0 Å². The number of hydrogen-bond donors (Lipinski definition) is 0. The molecule has 136 valence electrons. The van der Waals surface area contributed by atoms with Crippen molar-refractivity contribution in [2.75, 3.05) is 0 Å².